The molecule has 1 aromatic carbocycles. The fourth-order valence-corrected chi connectivity index (χ4v) is 1.62. The summed E-state index contributed by atoms with van der Waals surface area (Å²) in [6.45, 7) is 0.762. The van der Waals surface area contributed by atoms with Crippen LogP contribution >= 0.6 is 23.2 Å². The fourth-order valence-electron chi connectivity index (χ4n) is 1.19. The first-order chi connectivity index (χ1) is 8.82. The molecule has 102 valence electrons. The molecule has 0 aliphatic heterocycles. The number of aliphatic carboxylic acids is 1. The summed E-state index contributed by atoms with van der Waals surface area (Å²) in [7, 11) is 0. The van der Waals surface area contributed by atoms with Crippen LogP contribution in [0, 0.1) is 10.1 Å². The zero-order valence-electron chi connectivity index (χ0n) is 9.72. The van der Waals surface area contributed by atoms with E-state index in [1.165, 1.54) is 25.1 Å². The van der Waals surface area contributed by atoms with Gasteiger partial charge >= 0.3 is 5.97 Å². The lowest BCUT2D eigenvalue weighted by atomic mass is 10.2. The van der Waals surface area contributed by atoms with Gasteiger partial charge < -0.3 is 9.84 Å². The van der Waals surface area contributed by atoms with E-state index in [4.69, 9.17) is 33.0 Å². The molecule has 0 saturated heterocycles. The van der Waals surface area contributed by atoms with Crippen molar-refractivity contribution in [3.05, 3.63) is 43.6 Å². The van der Waals surface area contributed by atoms with E-state index >= 15 is 0 Å². The van der Waals surface area contributed by atoms with Crippen molar-refractivity contribution in [3.8, 4) is 5.75 Å². The van der Waals surface area contributed by atoms with Crippen molar-refractivity contribution in [2.75, 3.05) is 6.61 Å². The second kappa shape index (κ2) is 6.40. The number of benzene rings is 1. The van der Waals surface area contributed by atoms with Crippen LogP contribution in [0.4, 0.5) is 0 Å². The summed E-state index contributed by atoms with van der Waals surface area (Å²) in [6.07, 6.45) is 1.26. The SMILES string of the molecule is C/C(=C\c1ccc(OCC(=O)O)c(Cl)c1Cl)[N+](=O)[O-]. The number of carboxylic acid groups (broad SMARTS) is 1. The topological polar surface area (TPSA) is 89.7 Å². The van der Waals surface area contributed by atoms with Gasteiger partial charge in [-0.25, -0.2) is 4.79 Å². The molecule has 8 heteroatoms. The average molecular weight is 306 g/mol. The monoisotopic (exact) mass is 305 g/mol. The van der Waals surface area contributed by atoms with Gasteiger partial charge in [0.25, 0.3) is 0 Å². The molecule has 0 bridgehead atoms. The number of nitro groups is 1. The van der Waals surface area contributed by atoms with E-state index in [1.54, 1.807) is 0 Å². The van der Waals surface area contributed by atoms with Gasteiger partial charge in [0.1, 0.15) is 10.8 Å². The van der Waals surface area contributed by atoms with Crippen molar-refractivity contribution in [1.82, 2.24) is 0 Å². The van der Waals surface area contributed by atoms with Gasteiger partial charge in [-0.15, -0.1) is 0 Å². The number of hydrogen-bond acceptors (Lipinski definition) is 4. The summed E-state index contributed by atoms with van der Waals surface area (Å²) in [6, 6.07) is 2.86. The highest BCUT2D eigenvalue weighted by atomic mass is 35.5. The molecular formula is C11H9Cl2NO5. The molecule has 1 aromatic rings. The molecule has 0 aliphatic carbocycles. The van der Waals surface area contributed by atoms with E-state index in [0.717, 1.165) is 0 Å². The number of carboxylic acids is 1. The Morgan fingerprint density at radius 3 is 2.63 bits per heavy atom. The van der Waals surface area contributed by atoms with E-state index in [2.05, 4.69) is 0 Å². The van der Waals surface area contributed by atoms with Gasteiger partial charge in [0.15, 0.2) is 6.61 Å². The Bertz CT molecular complexity index is 556. The lowest BCUT2D eigenvalue weighted by molar-refractivity contribution is -0.422. The van der Waals surface area contributed by atoms with Gasteiger partial charge in [-0.3, -0.25) is 10.1 Å². The number of nitrogens with zero attached hydrogens (tertiary/aromatic N) is 1. The number of halogens is 2. The Hall–Kier alpha value is -1.79. The van der Waals surface area contributed by atoms with Crippen LogP contribution in [0.1, 0.15) is 12.5 Å². The third-order valence-corrected chi connectivity index (χ3v) is 2.96. The minimum atomic E-state index is -1.15. The second-order valence-corrected chi connectivity index (χ2v) is 4.26. The summed E-state index contributed by atoms with van der Waals surface area (Å²) in [4.78, 5) is 20.3. The number of allylic oxidation sites excluding steroid dienone is 1. The fraction of sp³-hybridized carbons (Fsp3) is 0.182. The highest BCUT2D eigenvalue weighted by molar-refractivity contribution is 6.43. The maximum Gasteiger partial charge on any atom is 0.341 e. The summed E-state index contributed by atoms with van der Waals surface area (Å²) in [5, 5.41) is 19.1. The maximum atomic E-state index is 10.5. The Morgan fingerprint density at radius 1 is 1.47 bits per heavy atom. The largest absolute Gasteiger partial charge is 0.480 e. The molecule has 0 aliphatic rings. The van der Waals surface area contributed by atoms with Crippen molar-refractivity contribution >= 4 is 35.2 Å². The summed E-state index contributed by atoms with van der Waals surface area (Å²) in [5.74, 6) is -1.05. The number of hydrogen-bond donors (Lipinski definition) is 1. The van der Waals surface area contributed by atoms with Gasteiger partial charge in [-0.1, -0.05) is 23.2 Å². The smallest absolute Gasteiger partial charge is 0.341 e. The summed E-state index contributed by atoms with van der Waals surface area (Å²) in [5.41, 5.74) is 0.251. The van der Waals surface area contributed by atoms with Crippen LogP contribution < -0.4 is 4.74 Å². The Labute approximate surface area is 118 Å². The molecule has 1 rings (SSSR count). The van der Waals surface area contributed by atoms with Crippen LogP contribution in [0.2, 0.25) is 10.0 Å². The zero-order valence-corrected chi connectivity index (χ0v) is 11.2. The van der Waals surface area contributed by atoms with Crippen LogP contribution in [0.3, 0.4) is 0 Å². The van der Waals surface area contributed by atoms with Gasteiger partial charge in [0.05, 0.1) is 9.95 Å². The quantitative estimate of drug-likeness (QED) is 0.667. The Balaban J connectivity index is 3.07. The predicted octanol–water partition coefficient (Wildman–Crippen LogP) is 3.09. The molecular weight excluding hydrogens is 297 g/mol. The molecule has 0 aromatic heterocycles. The van der Waals surface area contributed by atoms with Gasteiger partial charge in [0, 0.05) is 18.6 Å². The van der Waals surface area contributed by atoms with Crippen molar-refractivity contribution in [2.24, 2.45) is 0 Å². The molecule has 0 fully saturated rings. The van der Waals surface area contributed by atoms with E-state index in [1.807, 2.05) is 0 Å². The highest BCUT2D eigenvalue weighted by Crippen LogP contribution is 2.35. The standard InChI is InChI=1S/C11H9Cl2NO5/c1-6(14(17)18)4-7-2-3-8(11(13)10(7)12)19-5-9(15)16/h2-4H,5H2,1H3,(H,15,16)/b6-4+. The van der Waals surface area contributed by atoms with Gasteiger partial charge in [-0.05, 0) is 12.1 Å². The number of rotatable bonds is 5. The van der Waals surface area contributed by atoms with Crippen molar-refractivity contribution in [2.45, 2.75) is 6.92 Å². The first-order valence-electron chi connectivity index (χ1n) is 4.98. The molecule has 0 radical (unpaired) electrons. The average Bonchev–Trinajstić information content (AvgIpc) is 2.33. The molecule has 0 atom stereocenters. The Morgan fingerprint density at radius 2 is 2.11 bits per heavy atom. The van der Waals surface area contributed by atoms with Crippen molar-refractivity contribution < 1.29 is 19.6 Å². The maximum absolute atomic E-state index is 10.5. The summed E-state index contributed by atoms with van der Waals surface area (Å²) < 4.78 is 4.92. The molecule has 6 nitrogen and oxygen atoms in total. The molecule has 0 spiro atoms. The molecule has 0 unspecified atom stereocenters. The highest BCUT2D eigenvalue weighted by Gasteiger charge is 2.13. The molecule has 19 heavy (non-hydrogen) atoms. The number of ether oxygens (including phenoxy) is 1. The molecule has 0 heterocycles. The molecule has 0 saturated carbocycles. The van der Waals surface area contributed by atoms with Gasteiger partial charge in [-0.2, -0.15) is 0 Å². The van der Waals surface area contributed by atoms with Crippen molar-refractivity contribution in [3.63, 3.8) is 0 Å². The first-order valence-corrected chi connectivity index (χ1v) is 5.73. The van der Waals surface area contributed by atoms with Crippen molar-refractivity contribution in [1.29, 1.82) is 0 Å². The summed E-state index contributed by atoms with van der Waals surface area (Å²) >= 11 is 11.8. The molecule has 0 amide bonds. The van der Waals surface area contributed by atoms with E-state index in [9.17, 15) is 14.9 Å². The van der Waals surface area contributed by atoms with Gasteiger partial charge in [0.2, 0.25) is 5.70 Å². The van der Waals surface area contributed by atoms with Crippen LogP contribution in [0.5, 0.6) is 5.75 Å². The third kappa shape index (κ3) is 4.11. The molecule has 1 N–H and O–H groups in total. The first kappa shape index (κ1) is 15.3. The normalized spacial score (nSPS) is 11.2. The Kier molecular flexibility index (Phi) is 5.14. The minimum Gasteiger partial charge on any atom is -0.480 e. The second-order valence-electron chi connectivity index (χ2n) is 3.51. The lowest BCUT2D eigenvalue weighted by Gasteiger charge is -2.08. The van der Waals surface area contributed by atoms with Crippen LogP contribution in [-0.2, 0) is 4.79 Å². The van der Waals surface area contributed by atoms with E-state index < -0.39 is 17.5 Å². The predicted molar refractivity (Wildman–Crippen MR) is 70.2 cm³/mol. The van der Waals surface area contributed by atoms with E-state index in [0.29, 0.717) is 5.56 Å². The zero-order chi connectivity index (χ0) is 14.6. The van der Waals surface area contributed by atoms with Crippen LogP contribution in [0.15, 0.2) is 17.8 Å². The minimum absolute atomic E-state index is 0.00724. The van der Waals surface area contributed by atoms with Crippen LogP contribution in [-0.4, -0.2) is 22.6 Å². The lowest BCUT2D eigenvalue weighted by Crippen LogP contribution is -2.09. The number of carbonyl (C=O) groups is 1. The van der Waals surface area contributed by atoms with Crippen LogP contribution in [0.25, 0.3) is 6.08 Å². The third-order valence-electron chi connectivity index (χ3n) is 2.08. The van der Waals surface area contributed by atoms with E-state index in [-0.39, 0.29) is 21.5 Å².